The van der Waals surface area contributed by atoms with Gasteiger partial charge in [-0.1, -0.05) is 238 Å². The van der Waals surface area contributed by atoms with Crippen molar-refractivity contribution in [3.05, 3.63) is 109 Å². The van der Waals surface area contributed by atoms with Crippen LogP contribution in [0.4, 0.5) is 4.79 Å². The first kappa shape index (κ1) is 96.8. The predicted molar refractivity (Wildman–Crippen MR) is 469 cm³/mol. The number of carbonyl (C=O) groups is 7. The molecule has 13 atom stereocenters. The molecule has 16 nitrogen and oxygen atoms in total. The first-order valence-electron chi connectivity index (χ1n) is 46.2. The van der Waals surface area contributed by atoms with E-state index in [9.17, 15) is 48.9 Å². The third-order valence-corrected chi connectivity index (χ3v) is 28.3. The summed E-state index contributed by atoms with van der Waals surface area (Å²) < 4.78 is 11.2. The van der Waals surface area contributed by atoms with Crippen LogP contribution in [0.2, 0.25) is 0 Å². The van der Waals surface area contributed by atoms with Gasteiger partial charge in [0.2, 0.25) is 0 Å². The number of hydrogen-bond acceptors (Lipinski definition) is 12. The number of benzene rings is 3. The topological polar surface area (TPSA) is 266 Å². The normalized spacial score (nSPS) is 28.2. The van der Waals surface area contributed by atoms with E-state index in [1.54, 1.807) is 0 Å². The van der Waals surface area contributed by atoms with Gasteiger partial charge in [-0.25, -0.2) is 14.4 Å². The molecule has 8 aliphatic rings. The molecule has 3 aromatic carbocycles. The number of carboxylic acids is 2. The van der Waals surface area contributed by atoms with Crippen molar-refractivity contribution >= 4 is 62.6 Å². The number of unbranched alkanes of at least 4 members (excludes halogenated alkanes) is 4. The van der Waals surface area contributed by atoms with Crippen molar-refractivity contribution in [2.45, 2.75) is 355 Å². The highest BCUT2D eigenvalue weighted by Crippen LogP contribution is 2.47. The third kappa shape index (κ3) is 31.7. The van der Waals surface area contributed by atoms with Crippen LogP contribution < -0.4 is 10.6 Å². The van der Waals surface area contributed by atoms with Crippen LogP contribution in [-0.2, 0) is 38.2 Å². The highest BCUT2D eigenvalue weighted by Gasteiger charge is 2.39. The fraction of sp³-hybridized carbons (Fsp3) is 0.710. The maximum absolute atomic E-state index is 13.3. The van der Waals surface area contributed by atoms with E-state index >= 15 is 0 Å². The molecule has 116 heavy (non-hydrogen) atoms. The number of carboxylic acid groups (broad SMARTS) is 2. The van der Waals surface area contributed by atoms with Crippen molar-refractivity contribution in [1.29, 1.82) is 0 Å². The Bertz CT molecular complexity index is 3480. The number of allylic oxidation sites excluding steroid dienone is 5. The van der Waals surface area contributed by atoms with Crippen LogP contribution in [0, 0.1) is 82.9 Å². The molecule has 1 aliphatic heterocycles. The molecule has 2 amide bonds. The number of hydrogen-bond donors (Lipinski definition) is 7. The fourth-order valence-corrected chi connectivity index (χ4v) is 20.0. The predicted octanol–water partition coefficient (Wildman–Crippen LogP) is 22.3. The largest absolute Gasteiger partial charge is 0.495 e. The molecule has 6 saturated carbocycles. The van der Waals surface area contributed by atoms with Gasteiger partial charge in [-0.2, -0.15) is 0 Å². The summed E-state index contributed by atoms with van der Waals surface area (Å²) in [5, 5.41) is 55.6. The zero-order valence-electron chi connectivity index (χ0n) is 73.0. The van der Waals surface area contributed by atoms with Crippen molar-refractivity contribution in [3.8, 4) is 0 Å². The average Bonchev–Trinajstić information content (AvgIpc) is 1.11. The van der Waals surface area contributed by atoms with Crippen LogP contribution in [0.15, 0.2) is 103 Å². The van der Waals surface area contributed by atoms with E-state index in [-0.39, 0.29) is 67.4 Å². The van der Waals surface area contributed by atoms with Crippen LogP contribution in [-0.4, -0.2) is 116 Å². The highest BCUT2D eigenvalue weighted by atomic mass is 16.6. The van der Waals surface area contributed by atoms with Gasteiger partial charge >= 0.3 is 18.0 Å². The number of rotatable bonds is 33. The molecule has 7 fully saturated rings. The Morgan fingerprint density at radius 1 is 0.543 bits per heavy atom. The molecule has 11 rings (SSSR count). The van der Waals surface area contributed by atoms with Crippen LogP contribution >= 0.6 is 0 Å². The molecule has 7 aliphatic carbocycles. The lowest BCUT2D eigenvalue weighted by atomic mass is 9.72. The number of ketones is 4. The minimum absolute atomic E-state index is 0.0404. The quantitative estimate of drug-likeness (QED) is 0.00747. The van der Waals surface area contributed by atoms with Gasteiger partial charge < -0.3 is 45.6 Å². The smallest absolute Gasteiger partial charge is 0.326 e. The summed E-state index contributed by atoms with van der Waals surface area (Å²) in [5.41, 5.74) is 3.81. The zero-order valence-corrected chi connectivity index (χ0v) is 73.0. The van der Waals surface area contributed by atoms with Gasteiger partial charge in [0, 0.05) is 36.5 Å². The molecule has 3 aromatic rings. The Kier molecular flexibility index (Phi) is 42.3. The number of aliphatic carboxylic acids is 2. The first-order chi connectivity index (χ1) is 55.6. The maximum atomic E-state index is 13.3. The second-order valence-electron chi connectivity index (χ2n) is 37.0. The minimum atomic E-state index is -1.25. The number of urea groups is 1. The van der Waals surface area contributed by atoms with Crippen molar-refractivity contribution in [2.75, 3.05) is 13.2 Å². The van der Waals surface area contributed by atoms with Gasteiger partial charge in [0.1, 0.15) is 35.9 Å². The van der Waals surface area contributed by atoms with E-state index in [0.717, 1.165) is 138 Å². The van der Waals surface area contributed by atoms with E-state index in [1.807, 2.05) is 0 Å². The highest BCUT2D eigenvalue weighted by molar-refractivity contribution is 6.18. The van der Waals surface area contributed by atoms with Crippen molar-refractivity contribution < 1.29 is 68.6 Å². The number of nitrogens with one attached hydrogen (secondary N) is 2. The number of amides is 2. The molecule has 0 spiro atoms. The van der Waals surface area contributed by atoms with Crippen LogP contribution in [0.25, 0.3) is 21.5 Å². The van der Waals surface area contributed by atoms with Gasteiger partial charge in [0.25, 0.3) is 0 Å². The Hall–Kier alpha value is -6.33. The monoisotopic (exact) mass is 1610 g/mol. The van der Waals surface area contributed by atoms with Gasteiger partial charge in [0.05, 0.1) is 37.1 Å². The molecule has 1 saturated heterocycles. The van der Waals surface area contributed by atoms with Gasteiger partial charge in [-0.15, -0.1) is 0 Å². The Balaban J connectivity index is 0.000000210. The maximum Gasteiger partial charge on any atom is 0.326 e. The lowest BCUT2D eigenvalue weighted by Crippen LogP contribution is -2.51. The van der Waals surface area contributed by atoms with E-state index < -0.39 is 42.1 Å². The lowest BCUT2D eigenvalue weighted by molar-refractivity contribution is -0.139. The molecule has 13 unspecified atom stereocenters. The Morgan fingerprint density at radius 2 is 1.01 bits per heavy atom. The SMILES string of the molecule is C=C(OC1C(C)CCC1C)C1CCC(CC)CCC(CC)CCC(CC)CC1.C=C1CCC(=C)C1CC(=O)C1CCC(CC2C(=O)C=CC2=O)CC1.CC1CCC(C)C1CC(=O)C1CCCC(c2c3ccccc3cc3ccccc23)C1.CCCCCC(O)CCCCCC(NC(=O)NC(CCC(C)O)C(=O)O)C(=O)O.OCC1CO1. The molecule has 7 N–H and O–H groups in total. The molecular formula is C100H154N2O14. The molecule has 1 heterocycles. The molecular weight excluding hydrogens is 1450 g/mol. The molecule has 16 heteroatoms. The van der Waals surface area contributed by atoms with Crippen molar-refractivity contribution in [3.63, 3.8) is 0 Å². The summed E-state index contributed by atoms with van der Waals surface area (Å²) in [4.78, 5) is 83.9. The number of ether oxygens (including phenoxy) is 2. The molecule has 648 valence electrons. The lowest BCUT2D eigenvalue weighted by Gasteiger charge is -2.31. The zero-order chi connectivity index (χ0) is 84.4. The van der Waals surface area contributed by atoms with Gasteiger partial charge in [-0.05, 0) is 246 Å². The number of carbonyl (C=O) groups excluding carboxylic acids is 5. The summed E-state index contributed by atoms with van der Waals surface area (Å²) in [6.45, 7) is 33.9. The van der Waals surface area contributed by atoms with E-state index in [0.29, 0.717) is 90.7 Å². The number of fused-ring (bicyclic) bond motifs is 2. The van der Waals surface area contributed by atoms with Crippen LogP contribution in [0.1, 0.15) is 324 Å². The van der Waals surface area contributed by atoms with Gasteiger partial charge in [0.15, 0.2) is 11.6 Å². The summed E-state index contributed by atoms with van der Waals surface area (Å²) in [6, 6.07) is 16.8. The molecule has 0 aromatic heterocycles. The van der Waals surface area contributed by atoms with E-state index in [2.05, 4.69) is 145 Å². The number of aliphatic hydroxyl groups excluding tert-OH is 3. The summed E-state index contributed by atoms with van der Waals surface area (Å²) in [5.74, 6) is 7.25. The minimum Gasteiger partial charge on any atom is -0.495 e. The first-order valence-corrected chi connectivity index (χ1v) is 46.2. The van der Waals surface area contributed by atoms with Crippen molar-refractivity contribution in [2.24, 2.45) is 82.9 Å². The van der Waals surface area contributed by atoms with Crippen molar-refractivity contribution in [1.82, 2.24) is 10.6 Å². The second-order valence-corrected chi connectivity index (χ2v) is 37.0. The molecule has 0 radical (unpaired) electrons. The van der Waals surface area contributed by atoms with Crippen LogP contribution in [0.3, 0.4) is 0 Å². The third-order valence-electron chi connectivity index (χ3n) is 28.3. The van der Waals surface area contributed by atoms with E-state index in [1.165, 1.54) is 155 Å². The number of aliphatic hydroxyl groups is 3. The fourth-order valence-electron chi connectivity index (χ4n) is 20.0. The number of epoxide rings is 1. The van der Waals surface area contributed by atoms with E-state index in [4.69, 9.17) is 14.9 Å². The summed E-state index contributed by atoms with van der Waals surface area (Å²) >= 11 is 0. The number of Topliss-reactive ketones (excluding diaryl/α,β-unsaturated/α-hetero) is 2. The average molecular weight is 1610 g/mol. The summed E-state index contributed by atoms with van der Waals surface area (Å²) in [6.07, 6.45) is 42.1. The van der Waals surface area contributed by atoms with Crippen LogP contribution in [0.5, 0.6) is 0 Å². The summed E-state index contributed by atoms with van der Waals surface area (Å²) in [7, 11) is 0. The Morgan fingerprint density at radius 3 is 1.49 bits per heavy atom. The Labute approximate surface area is 698 Å². The molecule has 0 bridgehead atoms. The standard InChI is InChI=1S/C29H34O.C27H50O.C21H26O3.C20H38N2O7.C3H6O2/c1-19-14-15-20(2)27(19)18-28(30)23-10-7-11-24(17-23)29-25-12-5-3-8-21(25)16-22-9-4-6-13-26(22)29;1-7-23-12-14-24(8-2)16-18-26(19-17-25(9-3)15-13-23)22(6)28-27-20(4)10-11-21(27)5;1-13-3-4-14(2)17(13)12-21(24)16-7-5-15(6-8-16)11-18-19(22)9-10-20(18)23;1-3-4-6-9-15(24)10-7-5-8-11-16(18(25)26)21-20(29)22-17(19(27)28)13-12-14(2)23;4-1-3-2-5-3/h3-6,8-9,12-13,16,19-20,23-24,27H,7,10-11,14-15,17-18H2,1-2H3;20-21,23-27H,6-19H2,1-5H3;9-10,15-18H,1-8,11-12H2;14-17,23-24H,3-13H2,1-2H3,(H,25,26)(H,27,28)(H2,21,22,29);3-4H,1-2H2. The second kappa shape index (κ2) is 50.7. The van der Waals surface area contributed by atoms with Gasteiger partial charge in [-0.3, -0.25) is 19.2 Å².